The van der Waals surface area contributed by atoms with Gasteiger partial charge in [-0.15, -0.1) is 0 Å². The highest BCUT2D eigenvalue weighted by Gasteiger charge is 2.22. The van der Waals surface area contributed by atoms with Crippen molar-refractivity contribution in [2.75, 3.05) is 0 Å². The summed E-state index contributed by atoms with van der Waals surface area (Å²) in [5.41, 5.74) is 1.45. The second-order valence-electron chi connectivity index (χ2n) is 5.29. The van der Waals surface area contributed by atoms with Gasteiger partial charge in [-0.1, -0.05) is 22.8 Å². The van der Waals surface area contributed by atoms with Crippen LogP contribution in [0.3, 0.4) is 0 Å². The first-order valence-corrected chi connectivity index (χ1v) is 9.82. The van der Waals surface area contributed by atoms with Crippen molar-refractivity contribution in [3.8, 4) is 5.75 Å². The maximum Gasteiger partial charge on any atom is 0.367 e. The molecule has 9 heteroatoms. The Labute approximate surface area is 163 Å². The molecule has 0 atom stereocenters. The van der Waals surface area contributed by atoms with Crippen molar-refractivity contribution in [2.45, 2.75) is 11.8 Å². The number of carbonyl (C=O) groups is 1. The Bertz CT molecular complexity index is 1050. The summed E-state index contributed by atoms with van der Waals surface area (Å²) in [6.45, 7) is 1.65. The molecule has 26 heavy (non-hydrogen) atoms. The average molecular weight is 457 g/mol. The average Bonchev–Trinajstić information content (AvgIpc) is 2.89. The van der Waals surface area contributed by atoms with Crippen LogP contribution in [0.4, 0.5) is 0 Å². The highest BCUT2D eigenvalue weighted by molar-refractivity contribution is 9.10. The lowest BCUT2D eigenvalue weighted by molar-refractivity contribution is -0.136. The third kappa shape index (κ3) is 3.98. The van der Waals surface area contributed by atoms with E-state index in [2.05, 4.69) is 25.9 Å². The van der Waals surface area contributed by atoms with Gasteiger partial charge < -0.3 is 9.02 Å². The number of oxime groups is 1. The molecule has 0 N–H and O–H groups in total. The van der Waals surface area contributed by atoms with Gasteiger partial charge in [0.25, 0.3) is 0 Å². The minimum absolute atomic E-state index is 0.0134. The van der Waals surface area contributed by atoms with Crippen LogP contribution in [0, 0.1) is 0 Å². The van der Waals surface area contributed by atoms with Crippen molar-refractivity contribution in [3.05, 3.63) is 63.1 Å². The number of benzene rings is 2. The van der Waals surface area contributed by atoms with Crippen LogP contribution in [0.2, 0.25) is 5.02 Å². The SMILES string of the molecule is CC1=NOC(=O)/C1=C\c1ccc(OS(=O)(=O)c2ccc(Cl)cc2)c(Br)c1. The standard InChI is InChI=1S/C17H11BrClNO5S/c1-10-14(17(21)24-20-10)8-11-2-7-16(15(18)9-11)25-26(22,23)13-5-3-12(19)4-6-13/h2-9H,1H3/b14-8-. The van der Waals surface area contributed by atoms with E-state index in [4.69, 9.17) is 15.8 Å². The monoisotopic (exact) mass is 455 g/mol. The molecule has 1 heterocycles. The van der Waals surface area contributed by atoms with E-state index in [0.717, 1.165) is 0 Å². The summed E-state index contributed by atoms with van der Waals surface area (Å²) in [5, 5.41) is 4.02. The van der Waals surface area contributed by atoms with Crippen LogP contribution in [0.25, 0.3) is 6.08 Å². The van der Waals surface area contributed by atoms with Gasteiger partial charge in [0, 0.05) is 5.02 Å². The van der Waals surface area contributed by atoms with Gasteiger partial charge in [0.15, 0.2) is 5.75 Å². The van der Waals surface area contributed by atoms with Gasteiger partial charge in [-0.25, -0.2) is 4.79 Å². The molecule has 0 saturated heterocycles. The van der Waals surface area contributed by atoms with Gasteiger partial charge in [0.2, 0.25) is 0 Å². The van der Waals surface area contributed by atoms with Crippen LogP contribution in [0.5, 0.6) is 5.75 Å². The van der Waals surface area contributed by atoms with Crippen molar-refractivity contribution in [1.29, 1.82) is 0 Å². The number of rotatable bonds is 4. The summed E-state index contributed by atoms with van der Waals surface area (Å²) in [6.07, 6.45) is 1.59. The highest BCUT2D eigenvalue weighted by atomic mass is 79.9. The first-order chi connectivity index (χ1) is 12.3. The lowest BCUT2D eigenvalue weighted by atomic mass is 10.1. The molecule has 0 fully saturated rings. The summed E-state index contributed by atoms with van der Waals surface area (Å²) in [6, 6.07) is 10.4. The molecule has 1 aliphatic rings. The number of nitrogens with zero attached hydrogens (tertiary/aromatic N) is 1. The van der Waals surface area contributed by atoms with E-state index in [9.17, 15) is 13.2 Å². The predicted molar refractivity (Wildman–Crippen MR) is 101 cm³/mol. The zero-order chi connectivity index (χ0) is 18.9. The largest absolute Gasteiger partial charge is 0.378 e. The summed E-state index contributed by atoms with van der Waals surface area (Å²) in [7, 11) is -4.00. The molecule has 134 valence electrons. The van der Waals surface area contributed by atoms with E-state index in [0.29, 0.717) is 26.3 Å². The Morgan fingerprint density at radius 2 is 1.88 bits per heavy atom. The smallest absolute Gasteiger partial charge is 0.367 e. The van der Waals surface area contributed by atoms with Crippen LogP contribution in [-0.4, -0.2) is 20.1 Å². The maximum atomic E-state index is 12.3. The fourth-order valence-corrected chi connectivity index (χ4v) is 3.79. The Kier molecular flexibility index (Phi) is 5.17. The molecule has 3 rings (SSSR count). The van der Waals surface area contributed by atoms with E-state index >= 15 is 0 Å². The van der Waals surface area contributed by atoms with Gasteiger partial charge in [-0.2, -0.15) is 8.42 Å². The van der Waals surface area contributed by atoms with E-state index < -0.39 is 16.1 Å². The van der Waals surface area contributed by atoms with Crippen LogP contribution < -0.4 is 4.18 Å². The first kappa shape index (κ1) is 18.6. The van der Waals surface area contributed by atoms with Gasteiger partial charge in [0.1, 0.15) is 4.90 Å². The molecule has 0 aliphatic carbocycles. The van der Waals surface area contributed by atoms with Crippen molar-refractivity contribution in [3.63, 3.8) is 0 Å². The number of hydrogen-bond donors (Lipinski definition) is 0. The zero-order valence-corrected chi connectivity index (χ0v) is 16.4. The number of carbonyl (C=O) groups excluding carboxylic acids is 1. The first-order valence-electron chi connectivity index (χ1n) is 7.24. The Morgan fingerprint density at radius 1 is 1.19 bits per heavy atom. The molecule has 0 amide bonds. The lowest BCUT2D eigenvalue weighted by Gasteiger charge is -2.09. The summed E-state index contributed by atoms with van der Waals surface area (Å²) >= 11 is 9.04. The van der Waals surface area contributed by atoms with E-state index in [1.807, 2.05) is 0 Å². The summed E-state index contributed by atoms with van der Waals surface area (Å²) in [4.78, 5) is 16.1. The molecule has 1 aliphatic heterocycles. The summed E-state index contributed by atoms with van der Waals surface area (Å²) < 4.78 is 30.3. The fourth-order valence-electron chi connectivity index (χ4n) is 2.13. The van der Waals surface area contributed by atoms with Crippen molar-refractivity contribution >= 4 is 55.4 Å². The molecule has 6 nitrogen and oxygen atoms in total. The Balaban J connectivity index is 1.86. The van der Waals surface area contributed by atoms with Gasteiger partial charge in [-0.3, -0.25) is 0 Å². The van der Waals surface area contributed by atoms with Gasteiger partial charge in [-0.05, 0) is 70.9 Å². The molecular weight excluding hydrogens is 446 g/mol. The topological polar surface area (TPSA) is 82.0 Å². The van der Waals surface area contributed by atoms with Gasteiger partial charge in [0.05, 0.1) is 15.8 Å². The predicted octanol–water partition coefficient (Wildman–Crippen LogP) is 4.19. The molecule has 0 spiro atoms. The summed E-state index contributed by atoms with van der Waals surface area (Å²) in [5.74, 6) is -0.425. The maximum absolute atomic E-state index is 12.3. The van der Waals surface area contributed by atoms with E-state index in [1.54, 1.807) is 25.1 Å². The molecule has 0 radical (unpaired) electrons. The van der Waals surface area contributed by atoms with Crippen molar-refractivity contribution < 1.29 is 22.2 Å². The highest BCUT2D eigenvalue weighted by Crippen LogP contribution is 2.30. The fraction of sp³-hybridized carbons (Fsp3) is 0.0588. The normalized spacial score (nSPS) is 15.7. The third-order valence-corrected chi connectivity index (χ3v) is 5.56. The van der Waals surface area contributed by atoms with Crippen LogP contribution in [0.15, 0.2) is 62.6 Å². The van der Waals surface area contributed by atoms with Crippen LogP contribution in [-0.2, 0) is 19.8 Å². The molecule has 0 aromatic heterocycles. The second-order valence-corrected chi connectivity index (χ2v) is 8.13. The van der Waals surface area contributed by atoms with Gasteiger partial charge >= 0.3 is 16.1 Å². The minimum atomic E-state index is -4.00. The molecule has 0 bridgehead atoms. The molecule has 0 saturated carbocycles. The Morgan fingerprint density at radius 3 is 2.46 bits per heavy atom. The zero-order valence-electron chi connectivity index (χ0n) is 13.3. The van der Waals surface area contributed by atoms with Crippen LogP contribution in [0.1, 0.15) is 12.5 Å². The van der Waals surface area contributed by atoms with E-state index in [-0.39, 0.29) is 10.6 Å². The minimum Gasteiger partial charge on any atom is -0.378 e. The lowest BCUT2D eigenvalue weighted by Crippen LogP contribution is -2.10. The Hall–Kier alpha value is -2.16. The third-order valence-electron chi connectivity index (χ3n) is 3.44. The van der Waals surface area contributed by atoms with Crippen molar-refractivity contribution in [2.24, 2.45) is 5.16 Å². The molecular formula is C17H11BrClNO5S. The quantitative estimate of drug-likeness (QED) is 0.391. The molecule has 0 unspecified atom stereocenters. The molecule has 2 aromatic rings. The van der Waals surface area contributed by atoms with Crippen molar-refractivity contribution in [1.82, 2.24) is 0 Å². The van der Waals surface area contributed by atoms with E-state index in [1.165, 1.54) is 30.3 Å². The molecule has 2 aromatic carbocycles. The second kappa shape index (κ2) is 7.22. The van der Waals surface area contributed by atoms with Crippen LogP contribution >= 0.6 is 27.5 Å². The number of hydrogen-bond acceptors (Lipinski definition) is 6. The number of halogens is 2.